The van der Waals surface area contributed by atoms with Crippen molar-refractivity contribution >= 4 is 18.2 Å². The highest BCUT2D eigenvalue weighted by Crippen LogP contribution is 2.08. The van der Waals surface area contributed by atoms with E-state index in [2.05, 4.69) is 30.3 Å². The van der Waals surface area contributed by atoms with Crippen LogP contribution in [0, 0.1) is 12.8 Å². The summed E-state index contributed by atoms with van der Waals surface area (Å²) >= 11 is 0. The second kappa shape index (κ2) is 5.91. The standard InChI is InChI=1S/C10H19N3.ClH/c1-8(2)5-6-11-10-7-9(3)12-13(10)4;/h7-8,11H,5-6H2,1-4H3;1H. The van der Waals surface area contributed by atoms with Gasteiger partial charge in [-0.25, -0.2) is 0 Å². The summed E-state index contributed by atoms with van der Waals surface area (Å²) in [5.74, 6) is 1.86. The van der Waals surface area contributed by atoms with Crippen LogP contribution in [0.15, 0.2) is 6.07 Å². The van der Waals surface area contributed by atoms with Gasteiger partial charge in [-0.1, -0.05) is 13.8 Å². The summed E-state index contributed by atoms with van der Waals surface area (Å²) < 4.78 is 1.88. The third kappa shape index (κ3) is 4.01. The Labute approximate surface area is 92.3 Å². The molecule has 1 heterocycles. The number of nitrogens with one attached hydrogen (secondary N) is 1. The molecule has 3 nitrogen and oxygen atoms in total. The minimum absolute atomic E-state index is 0. The predicted molar refractivity (Wildman–Crippen MR) is 63.1 cm³/mol. The van der Waals surface area contributed by atoms with E-state index in [1.54, 1.807) is 0 Å². The number of anilines is 1. The molecule has 0 atom stereocenters. The molecule has 0 aliphatic heterocycles. The van der Waals surface area contributed by atoms with Gasteiger partial charge in [0.1, 0.15) is 5.82 Å². The molecule has 1 aromatic rings. The minimum atomic E-state index is 0. The van der Waals surface area contributed by atoms with Gasteiger partial charge in [-0.2, -0.15) is 5.10 Å². The van der Waals surface area contributed by atoms with Crippen LogP contribution in [0.1, 0.15) is 26.0 Å². The van der Waals surface area contributed by atoms with Gasteiger partial charge in [0.15, 0.2) is 0 Å². The van der Waals surface area contributed by atoms with Crippen LogP contribution in [-0.2, 0) is 7.05 Å². The van der Waals surface area contributed by atoms with Gasteiger partial charge in [-0.05, 0) is 19.3 Å². The molecule has 1 rings (SSSR count). The molecule has 0 unspecified atom stereocenters. The fourth-order valence-corrected chi connectivity index (χ4v) is 1.26. The highest BCUT2D eigenvalue weighted by Gasteiger charge is 2.00. The monoisotopic (exact) mass is 217 g/mol. The normalized spacial score (nSPS) is 10.1. The van der Waals surface area contributed by atoms with Crippen LogP contribution in [0.5, 0.6) is 0 Å². The number of rotatable bonds is 4. The number of aryl methyl sites for hydroxylation is 2. The molecule has 0 aromatic carbocycles. The number of hydrogen-bond acceptors (Lipinski definition) is 2. The summed E-state index contributed by atoms with van der Waals surface area (Å²) in [7, 11) is 1.96. The number of hydrogen-bond donors (Lipinski definition) is 1. The van der Waals surface area contributed by atoms with Crippen molar-refractivity contribution in [2.24, 2.45) is 13.0 Å². The molecule has 1 N–H and O–H groups in total. The fourth-order valence-electron chi connectivity index (χ4n) is 1.26. The Bertz CT molecular complexity index is 268. The van der Waals surface area contributed by atoms with E-state index in [1.165, 1.54) is 6.42 Å². The second-order valence-corrected chi connectivity index (χ2v) is 3.90. The number of nitrogens with zero attached hydrogens (tertiary/aromatic N) is 2. The Kier molecular flexibility index (Phi) is 5.62. The maximum Gasteiger partial charge on any atom is 0.124 e. The fraction of sp³-hybridized carbons (Fsp3) is 0.700. The SMILES string of the molecule is Cc1cc(NCCC(C)C)n(C)n1.Cl. The van der Waals surface area contributed by atoms with Crippen molar-refractivity contribution in [1.29, 1.82) is 0 Å². The average molecular weight is 218 g/mol. The van der Waals surface area contributed by atoms with E-state index >= 15 is 0 Å². The van der Waals surface area contributed by atoms with Gasteiger partial charge in [0.05, 0.1) is 5.69 Å². The molecule has 0 saturated heterocycles. The van der Waals surface area contributed by atoms with Crippen molar-refractivity contribution in [3.63, 3.8) is 0 Å². The van der Waals surface area contributed by atoms with E-state index in [-0.39, 0.29) is 12.4 Å². The van der Waals surface area contributed by atoms with Crippen molar-refractivity contribution in [1.82, 2.24) is 9.78 Å². The Morgan fingerprint density at radius 3 is 2.57 bits per heavy atom. The van der Waals surface area contributed by atoms with E-state index in [4.69, 9.17) is 0 Å². The van der Waals surface area contributed by atoms with Gasteiger partial charge < -0.3 is 5.32 Å². The van der Waals surface area contributed by atoms with Crippen LogP contribution in [0.25, 0.3) is 0 Å². The van der Waals surface area contributed by atoms with Gasteiger partial charge in [0.25, 0.3) is 0 Å². The third-order valence-electron chi connectivity index (χ3n) is 2.03. The Hall–Kier alpha value is -0.700. The van der Waals surface area contributed by atoms with Crippen LogP contribution in [0.4, 0.5) is 5.82 Å². The second-order valence-electron chi connectivity index (χ2n) is 3.90. The molecule has 0 radical (unpaired) electrons. The molecular weight excluding hydrogens is 198 g/mol. The zero-order valence-electron chi connectivity index (χ0n) is 9.37. The van der Waals surface area contributed by atoms with Gasteiger partial charge in [0, 0.05) is 19.7 Å². The molecule has 0 aliphatic rings. The maximum absolute atomic E-state index is 4.26. The first-order valence-corrected chi connectivity index (χ1v) is 4.84. The molecule has 0 aliphatic carbocycles. The van der Waals surface area contributed by atoms with Crippen molar-refractivity contribution < 1.29 is 0 Å². The average Bonchev–Trinajstić information content (AvgIpc) is 2.29. The van der Waals surface area contributed by atoms with E-state index in [9.17, 15) is 0 Å². The first-order valence-electron chi connectivity index (χ1n) is 4.84. The number of aromatic nitrogens is 2. The lowest BCUT2D eigenvalue weighted by Crippen LogP contribution is -2.08. The Balaban J connectivity index is 0.00000169. The Morgan fingerprint density at radius 1 is 1.50 bits per heavy atom. The molecule has 82 valence electrons. The van der Waals surface area contributed by atoms with Crippen molar-refractivity contribution in [2.45, 2.75) is 27.2 Å². The molecule has 0 bridgehead atoms. The van der Waals surface area contributed by atoms with Gasteiger partial charge >= 0.3 is 0 Å². The summed E-state index contributed by atoms with van der Waals surface area (Å²) in [6, 6.07) is 2.07. The molecule has 0 spiro atoms. The summed E-state index contributed by atoms with van der Waals surface area (Å²) in [4.78, 5) is 0. The molecule has 1 aromatic heterocycles. The van der Waals surface area contributed by atoms with Crippen LogP contribution in [-0.4, -0.2) is 16.3 Å². The highest BCUT2D eigenvalue weighted by molar-refractivity contribution is 5.85. The summed E-state index contributed by atoms with van der Waals surface area (Å²) in [6.45, 7) is 7.50. The smallest absolute Gasteiger partial charge is 0.124 e. The van der Waals surface area contributed by atoms with E-state index in [0.717, 1.165) is 24.0 Å². The van der Waals surface area contributed by atoms with Gasteiger partial charge in [-0.3, -0.25) is 4.68 Å². The summed E-state index contributed by atoms with van der Waals surface area (Å²) in [6.07, 6.45) is 1.20. The third-order valence-corrected chi connectivity index (χ3v) is 2.03. The largest absolute Gasteiger partial charge is 0.370 e. The molecule has 14 heavy (non-hydrogen) atoms. The van der Waals surface area contributed by atoms with E-state index in [0.29, 0.717) is 0 Å². The zero-order valence-corrected chi connectivity index (χ0v) is 10.2. The van der Waals surface area contributed by atoms with Crippen LogP contribution in [0.3, 0.4) is 0 Å². The van der Waals surface area contributed by atoms with Crippen LogP contribution >= 0.6 is 12.4 Å². The van der Waals surface area contributed by atoms with Crippen LogP contribution < -0.4 is 5.32 Å². The molecular formula is C10H20ClN3. The highest BCUT2D eigenvalue weighted by atomic mass is 35.5. The van der Waals surface area contributed by atoms with Crippen molar-refractivity contribution in [3.8, 4) is 0 Å². The molecule has 0 amide bonds. The first kappa shape index (κ1) is 13.3. The number of halogens is 1. The Morgan fingerprint density at radius 2 is 2.14 bits per heavy atom. The molecule has 4 heteroatoms. The summed E-state index contributed by atoms with van der Waals surface area (Å²) in [5, 5.41) is 7.63. The lowest BCUT2D eigenvalue weighted by molar-refractivity contribution is 0.604. The van der Waals surface area contributed by atoms with Gasteiger partial charge in [-0.15, -0.1) is 12.4 Å². The predicted octanol–water partition coefficient (Wildman–Crippen LogP) is 2.61. The zero-order chi connectivity index (χ0) is 9.84. The quantitative estimate of drug-likeness (QED) is 0.841. The van der Waals surface area contributed by atoms with E-state index < -0.39 is 0 Å². The first-order chi connectivity index (χ1) is 6.09. The van der Waals surface area contributed by atoms with Gasteiger partial charge in [0.2, 0.25) is 0 Å². The van der Waals surface area contributed by atoms with Crippen molar-refractivity contribution in [3.05, 3.63) is 11.8 Å². The molecule has 0 saturated carbocycles. The molecule has 0 fully saturated rings. The van der Waals surface area contributed by atoms with E-state index in [1.807, 2.05) is 18.7 Å². The maximum atomic E-state index is 4.26. The summed E-state index contributed by atoms with van der Waals surface area (Å²) in [5.41, 5.74) is 1.06. The minimum Gasteiger partial charge on any atom is -0.370 e. The lowest BCUT2D eigenvalue weighted by atomic mass is 10.1. The topological polar surface area (TPSA) is 29.9 Å². The lowest BCUT2D eigenvalue weighted by Gasteiger charge is -2.07. The van der Waals surface area contributed by atoms with Crippen LogP contribution in [0.2, 0.25) is 0 Å². The van der Waals surface area contributed by atoms with Crippen molar-refractivity contribution in [2.75, 3.05) is 11.9 Å².